The molecule has 110 valence electrons. The van der Waals surface area contributed by atoms with Gasteiger partial charge in [-0.3, -0.25) is 4.79 Å². The van der Waals surface area contributed by atoms with Gasteiger partial charge in [0.1, 0.15) is 0 Å². The minimum absolute atomic E-state index is 0.194. The minimum atomic E-state index is 0.194. The summed E-state index contributed by atoms with van der Waals surface area (Å²) in [5, 5.41) is 0. The van der Waals surface area contributed by atoms with Crippen molar-refractivity contribution in [2.75, 3.05) is 33.2 Å². The number of carbonyl (C=O) groups is 1. The summed E-state index contributed by atoms with van der Waals surface area (Å²) in [5.41, 5.74) is 5.80. The molecule has 2 atom stereocenters. The third-order valence-corrected chi connectivity index (χ3v) is 5.18. The third-order valence-electron chi connectivity index (χ3n) is 5.18. The van der Waals surface area contributed by atoms with Crippen molar-refractivity contribution in [3.63, 3.8) is 0 Å². The molecule has 4 heteroatoms. The summed E-state index contributed by atoms with van der Waals surface area (Å²) in [6, 6.07) is 0.439. The Kier molecular flexibility index (Phi) is 5.22. The van der Waals surface area contributed by atoms with Crippen LogP contribution in [0.2, 0.25) is 0 Å². The molecule has 0 aromatic carbocycles. The topological polar surface area (TPSA) is 49.6 Å². The summed E-state index contributed by atoms with van der Waals surface area (Å²) in [6.07, 6.45) is 5.58. The SMILES string of the molecule is CCN1CCC(N(C)C(=O)C2CCCC2CN)CC1. The van der Waals surface area contributed by atoms with Gasteiger partial charge >= 0.3 is 0 Å². The average molecular weight is 267 g/mol. The second-order valence-electron chi connectivity index (χ2n) is 6.15. The predicted molar refractivity (Wildman–Crippen MR) is 77.8 cm³/mol. The average Bonchev–Trinajstić information content (AvgIpc) is 2.94. The molecule has 0 radical (unpaired) electrons. The summed E-state index contributed by atoms with van der Waals surface area (Å²) in [6.45, 7) is 6.26. The molecule has 0 aromatic heterocycles. The Balaban J connectivity index is 1.89. The van der Waals surface area contributed by atoms with Gasteiger partial charge in [-0.05, 0) is 44.7 Å². The zero-order valence-corrected chi connectivity index (χ0v) is 12.5. The van der Waals surface area contributed by atoms with Crippen LogP contribution >= 0.6 is 0 Å². The van der Waals surface area contributed by atoms with E-state index in [1.54, 1.807) is 0 Å². The maximum absolute atomic E-state index is 12.6. The first-order valence-electron chi connectivity index (χ1n) is 7.86. The Morgan fingerprint density at radius 1 is 1.26 bits per heavy atom. The van der Waals surface area contributed by atoms with E-state index in [4.69, 9.17) is 5.73 Å². The zero-order chi connectivity index (χ0) is 13.8. The van der Waals surface area contributed by atoms with Crippen LogP contribution in [0.5, 0.6) is 0 Å². The summed E-state index contributed by atoms with van der Waals surface area (Å²) < 4.78 is 0. The van der Waals surface area contributed by atoms with Crippen LogP contribution in [-0.2, 0) is 4.79 Å². The number of piperidine rings is 1. The smallest absolute Gasteiger partial charge is 0.226 e. The van der Waals surface area contributed by atoms with Crippen molar-refractivity contribution in [2.45, 2.75) is 45.1 Å². The van der Waals surface area contributed by atoms with Gasteiger partial charge in [-0.25, -0.2) is 0 Å². The normalized spacial score (nSPS) is 29.6. The fourth-order valence-electron chi connectivity index (χ4n) is 3.71. The largest absolute Gasteiger partial charge is 0.342 e. The molecule has 0 spiro atoms. The van der Waals surface area contributed by atoms with E-state index < -0.39 is 0 Å². The van der Waals surface area contributed by atoms with E-state index in [0.717, 1.165) is 45.3 Å². The van der Waals surface area contributed by atoms with Gasteiger partial charge in [-0.1, -0.05) is 13.3 Å². The quantitative estimate of drug-likeness (QED) is 0.835. The number of nitrogens with two attached hydrogens (primary N) is 1. The van der Waals surface area contributed by atoms with Gasteiger partial charge in [0.25, 0.3) is 0 Å². The van der Waals surface area contributed by atoms with E-state index in [0.29, 0.717) is 24.4 Å². The van der Waals surface area contributed by atoms with E-state index in [-0.39, 0.29) is 5.92 Å². The molecule has 2 rings (SSSR count). The van der Waals surface area contributed by atoms with Crippen molar-refractivity contribution in [3.8, 4) is 0 Å². The predicted octanol–water partition coefficient (Wildman–Crippen LogP) is 1.30. The second-order valence-corrected chi connectivity index (χ2v) is 6.15. The van der Waals surface area contributed by atoms with E-state index >= 15 is 0 Å². The fourth-order valence-corrected chi connectivity index (χ4v) is 3.71. The molecule has 1 saturated heterocycles. The van der Waals surface area contributed by atoms with Crippen LogP contribution in [0.15, 0.2) is 0 Å². The van der Waals surface area contributed by atoms with Crippen molar-refractivity contribution in [1.82, 2.24) is 9.80 Å². The van der Waals surface area contributed by atoms with Crippen molar-refractivity contribution in [1.29, 1.82) is 0 Å². The highest BCUT2D eigenvalue weighted by Crippen LogP contribution is 2.33. The molecular formula is C15H29N3O. The number of hydrogen-bond acceptors (Lipinski definition) is 3. The van der Waals surface area contributed by atoms with E-state index in [1.165, 1.54) is 6.42 Å². The van der Waals surface area contributed by atoms with Crippen LogP contribution in [-0.4, -0.2) is 55.0 Å². The van der Waals surface area contributed by atoms with Crippen LogP contribution in [0.3, 0.4) is 0 Å². The molecule has 2 unspecified atom stereocenters. The lowest BCUT2D eigenvalue weighted by Gasteiger charge is -2.37. The van der Waals surface area contributed by atoms with Gasteiger partial charge < -0.3 is 15.5 Å². The van der Waals surface area contributed by atoms with Gasteiger partial charge in [0.15, 0.2) is 0 Å². The van der Waals surface area contributed by atoms with E-state index in [2.05, 4.69) is 11.8 Å². The summed E-state index contributed by atoms with van der Waals surface area (Å²) in [5.74, 6) is 0.966. The van der Waals surface area contributed by atoms with Crippen LogP contribution in [0, 0.1) is 11.8 Å². The van der Waals surface area contributed by atoms with Crippen LogP contribution in [0.25, 0.3) is 0 Å². The molecule has 1 amide bonds. The summed E-state index contributed by atoms with van der Waals surface area (Å²) in [7, 11) is 2.00. The number of carbonyl (C=O) groups excluding carboxylic acids is 1. The molecule has 0 bridgehead atoms. The molecular weight excluding hydrogens is 238 g/mol. The van der Waals surface area contributed by atoms with Crippen LogP contribution < -0.4 is 5.73 Å². The molecule has 4 nitrogen and oxygen atoms in total. The molecule has 2 aliphatic rings. The molecule has 2 fully saturated rings. The Morgan fingerprint density at radius 3 is 2.53 bits per heavy atom. The van der Waals surface area contributed by atoms with E-state index in [9.17, 15) is 4.79 Å². The fraction of sp³-hybridized carbons (Fsp3) is 0.933. The Hall–Kier alpha value is -0.610. The first kappa shape index (κ1) is 14.8. The lowest BCUT2D eigenvalue weighted by atomic mass is 9.93. The standard InChI is InChI=1S/C15H29N3O/c1-3-18-9-7-13(8-10-18)17(2)15(19)14-6-4-5-12(14)11-16/h12-14H,3-11,16H2,1-2H3. The van der Waals surface area contributed by atoms with Crippen molar-refractivity contribution >= 4 is 5.91 Å². The Labute approximate surface area is 117 Å². The van der Waals surface area contributed by atoms with E-state index in [1.807, 2.05) is 11.9 Å². The Bertz CT molecular complexity index is 300. The molecule has 19 heavy (non-hydrogen) atoms. The number of amides is 1. The van der Waals surface area contributed by atoms with Gasteiger partial charge in [0.05, 0.1) is 0 Å². The monoisotopic (exact) mass is 267 g/mol. The van der Waals surface area contributed by atoms with Crippen molar-refractivity contribution in [2.24, 2.45) is 17.6 Å². The van der Waals surface area contributed by atoms with Gasteiger partial charge in [0, 0.05) is 32.1 Å². The summed E-state index contributed by atoms with van der Waals surface area (Å²) >= 11 is 0. The molecule has 1 aliphatic heterocycles. The van der Waals surface area contributed by atoms with Gasteiger partial charge in [-0.2, -0.15) is 0 Å². The molecule has 1 heterocycles. The highest BCUT2D eigenvalue weighted by Gasteiger charge is 2.36. The maximum atomic E-state index is 12.6. The highest BCUT2D eigenvalue weighted by atomic mass is 16.2. The second kappa shape index (κ2) is 6.71. The molecule has 1 aliphatic carbocycles. The number of likely N-dealkylation sites (tertiary alicyclic amines) is 1. The molecule has 2 N–H and O–H groups in total. The third kappa shape index (κ3) is 3.29. The lowest BCUT2D eigenvalue weighted by molar-refractivity contribution is -0.138. The maximum Gasteiger partial charge on any atom is 0.226 e. The van der Waals surface area contributed by atoms with Gasteiger partial charge in [0.2, 0.25) is 5.91 Å². The number of nitrogens with zero attached hydrogens (tertiary/aromatic N) is 2. The van der Waals surface area contributed by atoms with Crippen LogP contribution in [0.4, 0.5) is 0 Å². The van der Waals surface area contributed by atoms with Crippen molar-refractivity contribution < 1.29 is 4.79 Å². The zero-order valence-electron chi connectivity index (χ0n) is 12.5. The molecule has 0 aromatic rings. The Morgan fingerprint density at radius 2 is 1.95 bits per heavy atom. The first-order valence-corrected chi connectivity index (χ1v) is 7.86. The molecule has 1 saturated carbocycles. The first-order chi connectivity index (χ1) is 9.17. The minimum Gasteiger partial charge on any atom is -0.342 e. The lowest BCUT2D eigenvalue weighted by Crippen LogP contribution is -2.48. The number of hydrogen-bond donors (Lipinski definition) is 1. The highest BCUT2D eigenvalue weighted by molar-refractivity contribution is 5.79. The van der Waals surface area contributed by atoms with Crippen molar-refractivity contribution in [3.05, 3.63) is 0 Å². The van der Waals surface area contributed by atoms with Gasteiger partial charge in [-0.15, -0.1) is 0 Å². The summed E-state index contributed by atoms with van der Waals surface area (Å²) in [4.78, 5) is 17.1. The number of rotatable bonds is 4. The van der Waals surface area contributed by atoms with Crippen LogP contribution in [0.1, 0.15) is 39.0 Å².